The van der Waals surface area contributed by atoms with E-state index < -0.39 is 73.1 Å². The summed E-state index contributed by atoms with van der Waals surface area (Å²) in [7, 11) is 0. The molecule has 288 valence electrons. The van der Waals surface area contributed by atoms with E-state index in [1.54, 1.807) is 0 Å². The number of rotatable bonds is 17. The summed E-state index contributed by atoms with van der Waals surface area (Å²) in [6.07, 6.45) is 0.0682. The molecule has 2 fully saturated rings. The molecule has 53 heavy (non-hydrogen) atoms. The Kier molecular flexibility index (Phi) is 12.5. The number of carboxylic acid groups (broad SMARTS) is 1. The van der Waals surface area contributed by atoms with Crippen LogP contribution in [0.15, 0.2) is 25.3 Å². The number of carbonyl (C=O) groups is 2. The Bertz CT molecular complexity index is 1890. The zero-order valence-corrected chi connectivity index (χ0v) is 30.3. The fraction of sp³-hybridized carbons (Fsp3) is 0.600. The van der Waals surface area contributed by atoms with E-state index in [1.807, 2.05) is 12.5 Å². The average molecular weight is 779 g/mol. The maximum Gasteiger partial charge on any atom is 0.323 e. The van der Waals surface area contributed by atoms with E-state index in [4.69, 9.17) is 25.7 Å². The molecule has 2 aliphatic heterocycles. The highest BCUT2D eigenvalue weighted by atomic mass is 32.2. The molecule has 4 aromatic rings. The zero-order chi connectivity index (χ0) is 37.8. The first-order chi connectivity index (χ1) is 25.5. The predicted octanol–water partition coefficient (Wildman–Crippen LogP) is -1.87. The number of anilines is 2. The van der Waals surface area contributed by atoms with Crippen LogP contribution in [0.25, 0.3) is 22.3 Å². The van der Waals surface area contributed by atoms with Crippen LogP contribution in [0.1, 0.15) is 25.3 Å². The van der Waals surface area contributed by atoms with E-state index >= 15 is 0 Å². The molecule has 0 aromatic carbocycles. The number of esters is 1. The number of thioether (sulfide) groups is 2. The summed E-state index contributed by atoms with van der Waals surface area (Å²) in [6, 6.07) is -1.86. The molecular formula is C30H42N12O9S2. The lowest BCUT2D eigenvalue weighted by Crippen LogP contribution is -2.50. The molecule has 10 atom stereocenters. The van der Waals surface area contributed by atoms with Gasteiger partial charge in [0, 0.05) is 13.1 Å². The van der Waals surface area contributed by atoms with E-state index in [2.05, 4.69) is 40.5 Å². The van der Waals surface area contributed by atoms with Crippen LogP contribution in [-0.4, -0.2) is 157 Å². The molecule has 0 bridgehead atoms. The third-order valence-corrected chi connectivity index (χ3v) is 10.4. The van der Waals surface area contributed by atoms with Gasteiger partial charge in [-0.3, -0.25) is 18.7 Å². The van der Waals surface area contributed by atoms with Gasteiger partial charge in [-0.1, -0.05) is 0 Å². The van der Waals surface area contributed by atoms with Crippen molar-refractivity contribution >= 4 is 69.4 Å². The Hall–Kier alpha value is -3.94. The van der Waals surface area contributed by atoms with Crippen molar-refractivity contribution in [2.45, 2.75) is 74.0 Å². The number of aliphatic hydroxyl groups is 3. The molecule has 10 N–H and O–H groups in total. The average Bonchev–Trinajstić information content (AvgIpc) is 3.90. The van der Waals surface area contributed by atoms with Crippen LogP contribution in [0.3, 0.4) is 0 Å². The van der Waals surface area contributed by atoms with Gasteiger partial charge in [-0.2, -0.15) is 23.5 Å². The number of imidazole rings is 2. The molecule has 0 spiro atoms. The quantitative estimate of drug-likeness (QED) is 0.0544. The first kappa shape index (κ1) is 38.8. The van der Waals surface area contributed by atoms with Crippen molar-refractivity contribution in [3.63, 3.8) is 0 Å². The van der Waals surface area contributed by atoms with Gasteiger partial charge < -0.3 is 56.7 Å². The van der Waals surface area contributed by atoms with Gasteiger partial charge in [-0.25, -0.2) is 29.9 Å². The fourth-order valence-electron chi connectivity index (χ4n) is 6.32. The molecule has 0 unspecified atom stereocenters. The number of hydrogen-bond donors (Lipinski definition) is 8. The number of carboxylic acids is 1. The minimum absolute atomic E-state index is 0.0676. The summed E-state index contributed by atoms with van der Waals surface area (Å²) in [5.74, 6) is -0.387. The third kappa shape index (κ3) is 8.12. The SMILES string of the molecule is CSCC[C@H](NC[C@H]1O[C@@H](n2cnc3c(N)ncnc32)[C@H](O)[C@@H]1OC(=O)[C@H](CCSC)NC[C@H]1O[C@@H](n2cnc3c(N)ncnc32)[C@H](O)[C@@H]1O)C(=O)O. The second kappa shape index (κ2) is 17.0. The number of nitrogens with one attached hydrogen (secondary N) is 2. The Morgan fingerprint density at radius 2 is 1.30 bits per heavy atom. The molecule has 23 heteroatoms. The second-order valence-electron chi connectivity index (χ2n) is 12.5. The highest BCUT2D eigenvalue weighted by molar-refractivity contribution is 7.98. The summed E-state index contributed by atoms with van der Waals surface area (Å²) in [5, 5.41) is 49.4. The number of nitrogens with zero attached hydrogens (tertiary/aromatic N) is 8. The first-order valence-electron chi connectivity index (χ1n) is 16.6. The van der Waals surface area contributed by atoms with Crippen LogP contribution in [0, 0.1) is 0 Å². The predicted molar refractivity (Wildman–Crippen MR) is 192 cm³/mol. The lowest BCUT2D eigenvalue weighted by Gasteiger charge is -2.26. The van der Waals surface area contributed by atoms with E-state index in [-0.39, 0.29) is 35.9 Å². The van der Waals surface area contributed by atoms with E-state index in [1.165, 1.54) is 58.0 Å². The zero-order valence-electron chi connectivity index (χ0n) is 28.7. The molecule has 0 radical (unpaired) electrons. The topological polar surface area (TPSA) is 306 Å². The highest BCUT2D eigenvalue weighted by Gasteiger charge is 2.49. The summed E-state index contributed by atoms with van der Waals surface area (Å²) >= 11 is 3.00. The van der Waals surface area contributed by atoms with Crippen molar-refractivity contribution in [2.75, 3.05) is 48.6 Å². The Labute approximate surface area is 310 Å². The molecule has 0 saturated carbocycles. The number of fused-ring (bicyclic) bond motifs is 2. The summed E-state index contributed by atoms with van der Waals surface area (Å²) in [4.78, 5) is 50.6. The third-order valence-electron chi connectivity index (χ3n) is 9.16. The van der Waals surface area contributed by atoms with E-state index in [0.29, 0.717) is 35.5 Å². The van der Waals surface area contributed by atoms with Gasteiger partial charge in [-0.05, 0) is 36.9 Å². The van der Waals surface area contributed by atoms with E-state index in [0.717, 1.165) is 0 Å². The van der Waals surface area contributed by atoms with Crippen LogP contribution in [0.4, 0.5) is 11.6 Å². The lowest BCUT2D eigenvalue weighted by molar-refractivity contribution is -0.158. The van der Waals surface area contributed by atoms with Gasteiger partial charge in [0.25, 0.3) is 0 Å². The molecule has 6 heterocycles. The van der Waals surface area contributed by atoms with Crippen LogP contribution in [0.5, 0.6) is 0 Å². The minimum atomic E-state index is -1.44. The normalized spacial score (nSPS) is 27.0. The van der Waals surface area contributed by atoms with Crippen molar-refractivity contribution in [2.24, 2.45) is 0 Å². The van der Waals surface area contributed by atoms with Gasteiger partial charge in [0.15, 0.2) is 41.5 Å². The van der Waals surface area contributed by atoms with Crippen molar-refractivity contribution < 1.29 is 44.2 Å². The van der Waals surface area contributed by atoms with Gasteiger partial charge in [0.05, 0.1) is 12.7 Å². The molecule has 0 aliphatic carbocycles. The van der Waals surface area contributed by atoms with Gasteiger partial charge in [-0.15, -0.1) is 0 Å². The van der Waals surface area contributed by atoms with Crippen LogP contribution < -0.4 is 22.1 Å². The number of carbonyl (C=O) groups excluding carboxylic acids is 1. The maximum absolute atomic E-state index is 13.9. The van der Waals surface area contributed by atoms with Gasteiger partial charge in [0.1, 0.15) is 66.3 Å². The summed E-state index contributed by atoms with van der Waals surface area (Å²) in [5.41, 5.74) is 13.0. The van der Waals surface area contributed by atoms with Gasteiger partial charge >= 0.3 is 11.9 Å². The number of aliphatic hydroxyl groups excluding tert-OH is 3. The second-order valence-corrected chi connectivity index (χ2v) is 14.5. The molecule has 4 aromatic heterocycles. The minimum Gasteiger partial charge on any atom is -0.480 e. The highest BCUT2D eigenvalue weighted by Crippen LogP contribution is 2.35. The van der Waals surface area contributed by atoms with E-state index in [9.17, 15) is 30.0 Å². The van der Waals surface area contributed by atoms with Crippen molar-refractivity contribution in [1.29, 1.82) is 0 Å². The number of aromatic nitrogens is 8. The molecular weight excluding hydrogens is 737 g/mol. The smallest absolute Gasteiger partial charge is 0.323 e. The molecule has 0 amide bonds. The maximum atomic E-state index is 13.9. The van der Waals surface area contributed by atoms with Gasteiger partial charge in [0.2, 0.25) is 0 Å². The molecule has 6 rings (SSSR count). The number of ether oxygens (including phenoxy) is 3. The molecule has 2 saturated heterocycles. The van der Waals surface area contributed by atoms with Crippen molar-refractivity contribution in [3.8, 4) is 0 Å². The van der Waals surface area contributed by atoms with Crippen LogP contribution >= 0.6 is 23.5 Å². The van der Waals surface area contributed by atoms with Crippen molar-refractivity contribution in [3.05, 3.63) is 25.3 Å². The number of nitrogens with two attached hydrogens (primary N) is 2. The summed E-state index contributed by atoms with van der Waals surface area (Å²) < 4.78 is 21.1. The standard InChI is InChI=1S/C30H42N12O9S2/c1-52-5-3-13(29(46)47)33-8-16-22(21(45)28(50-16)42-12-40-18-24(32)36-10-38-26(18)42)51-30(48)14(4-6-53-2)34-7-15-19(43)20(44)27(49-15)41-11-39-17-23(31)35-9-37-25(17)41/h9-16,19-22,27-28,33-34,43-45H,3-8H2,1-2H3,(H,46,47)(H2,31,35,37)(H2,32,36,38)/t13-,14-,15+,16+,19+,20+,21+,22+,27+,28+/m0/s1. The number of aliphatic carboxylic acids is 1. The monoisotopic (exact) mass is 778 g/mol. The Morgan fingerprint density at radius 1 is 0.792 bits per heavy atom. The first-order valence-corrected chi connectivity index (χ1v) is 19.4. The molecule has 21 nitrogen and oxygen atoms in total. The van der Waals surface area contributed by atoms with Crippen LogP contribution in [0.2, 0.25) is 0 Å². The number of hydrogen-bond acceptors (Lipinski definition) is 20. The largest absolute Gasteiger partial charge is 0.480 e. The molecule has 2 aliphatic rings. The fourth-order valence-corrected chi connectivity index (χ4v) is 7.26. The lowest BCUT2D eigenvalue weighted by atomic mass is 10.1. The van der Waals surface area contributed by atoms with Crippen LogP contribution in [-0.2, 0) is 23.8 Å². The number of nitrogen functional groups attached to an aromatic ring is 2. The van der Waals surface area contributed by atoms with Crippen molar-refractivity contribution in [1.82, 2.24) is 49.7 Å². The summed E-state index contributed by atoms with van der Waals surface area (Å²) in [6.45, 7) is -0.147. The Balaban J connectivity index is 1.18. The Morgan fingerprint density at radius 3 is 1.87 bits per heavy atom.